The van der Waals surface area contributed by atoms with Crippen LogP contribution in [0.15, 0.2) is 42.5 Å². The lowest BCUT2D eigenvalue weighted by atomic mass is 10.1. The third-order valence-corrected chi connectivity index (χ3v) is 3.39. The van der Waals surface area contributed by atoms with Crippen molar-refractivity contribution in [2.75, 3.05) is 12.4 Å². The first-order chi connectivity index (χ1) is 10.5. The third kappa shape index (κ3) is 4.01. The predicted molar refractivity (Wildman–Crippen MR) is 87.6 cm³/mol. The monoisotopic (exact) mass is 299 g/mol. The van der Waals surface area contributed by atoms with E-state index in [1.54, 1.807) is 38.3 Å². The third-order valence-electron chi connectivity index (χ3n) is 3.39. The van der Waals surface area contributed by atoms with Crippen molar-refractivity contribution in [3.63, 3.8) is 0 Å². The lowest BCUT2D eigenvalue weighted by Gasteiger charge is -2.16. The average Bonchev–Trinajstić information content (AvgIpc) is 2.51. The molecule has 0 unspecified atom stereocenters. The first kappa shape index (κ1) is 15.9. The van der Waals surface area contributed by atoms with E-state index < -0.39 is 6.10 Å². The fourth-order valence-corrected chi connectivity index (χ4v) is 2.02. The Morgan fingerprint density at radius 1 is 1.05 bits per heavy atom. The van der Waals surface area contributed by atoms with Gasteiger partial charge in [-0.3, -0.25) is 4.79 Å². The van der Waals surface area contributed by atoms with Crippen LogP contribution in [0.5, 0.6) is 11.5 Å². The predicted octanol–water partition coefficient (Wildman–Crippen LogP) is 3.72. The summed E-state index contributed by atoms with van der Waals surface area (Å²) in [5.74, 6) is 1.20. The number of nitrogens with one attached hydrogen (secondary N) is 1. The Morgan fingerprint density at radius 3 is 2.32 bits per heavy atom. The van der Waals surface area contributed by atoms with Gasteiger partial charge in [0.15, 0.2) is 6.10 Å². The van der Waals surface area contributed by atoms with Gasteiger partial charge in [-0.05, 0) is 62.2 Å². The Kier molecular flexibility index (Phi) is 5.04. The molecule has 0 aliphatic heterocycles. The van der Waals surface area contributed by atoms with Gasteiger partial charge in [0.25, 0.3) is 5.91 Å². The van der Waals surface area contributed by atoms with Gasteiger partial charge in [0.2, 0.25) is 0 Å². The first-order valence-electron chi connectivity index (χ1n) is 7.18. The van der Waals surface area contributed by atoms with E-state index in [4.69, 9.17) is 9.47 Å². The van der Waals surface area contributed by atoms with Gasteiger partial charge in [-0.15, -0.1) is 0 Å². The number of carbonyl (C=O) groups is 1. The summed E-state index contributed by atoms with van der Waals surface area (Å²) in [5, 5.41) is 2.90. The van der Waals surface area contributed by atoms with Crippen LogP contribution in [0, 0.1) is 13.8 Å². The van der Waals surface area contributed by atoms with Gasteiger partial charge < -0.3 is 14.8 Å². The zero-order valence-electron chi connectivity index (χ0n) is 13.3. The summed E-state index contributed by atoms with van der Waals surface area (Å²) in [6.45, 7) is 5.68. The van der Waals surface area contributed by atoms with Gasteiger partial charge in [-0.1, -0.05) is 12.1 Å². The van der Waals surface area contributed by atoms with Crippen LogP contribution >= 0.6 is 0 Å². The van der Waals surface area contributed by atoms with Gasteiger partial charge in [0, 0.05) is 5.69 Å². The summed E-state index contributed by atoms with van der Waals surface area (Å²) in [7, 11) is 1.61. The van der Waals surface area contributed by atoms with E-state index in [1.165, 1.54) is 0 Å². The number of anilines is 1. The van der Waals surface area contributed by atoms with Crippen LogP contribution in [0.1, 0.15) is 18.1 Å². The van der Waals surface area contributed by atoms with Gasteiger partial charge in [0.1, 0.15) is 11.5 Å². The highest BCUT2D eigenvalue weighted by atomic mass is 16.5. The number of methoxy groups -OCH3 is 1. The number of carbonyl (C=O) groups excluding carboxylic acids is 1. The van der Waals surface area contributed by atoms with Crippen LogP contribution in [0.2, 0.25) is 0 Å². The van der Waals surface area contributed by atoms with E-state index in [-0.39, 0.29) is 5.91 Å². The number of rotatable bonds is 5. The molecule has 22 heavy (non-hydrogen) atoms. The number of hydrogen-bond acceptors (Lipinski definition) is 3. The first-order valence-corrected chi connectivity index (χ1v) is 7.18. The molecular formula is C18H21NO3. The standard InChI is InChI=1S/C18H21NO3/c1-12-5-6-13(2)17(11-12)19-18(20)14(3)22-16-9-7-15(21-4)8-10-16/h5-11,14H,1-4H3,(H,19,20)/t14-/m1/s1. The molecule has 4 nitrogen and oxygen atoms in total. The average molecular weight is 299 g/mol. The minimum atomic E-state index is -0.590. The van der Waals surface area contributed by atoms with Crippen molar-refractivity contribution in [2.24, 2.45) is 0 Å². The molecule has 0 heterocycles. The molecule has 4 heteroatoms. The molecule has 1 amide bonds. The molecule has 2 aromatic rings. The van der Waals surface area contributed by atoms with E-state index in [0.29, 0.717) is 5.75 Å². The zero-order chi connectivity index (χ0) is 16.1. The molecule has 0 spiro atoms. The molecule has 1 N–H and O–H groups in total. The fourth-order valence-electron chi connectivity index (χ4n) is 2.02. The quantitative estimate of drug-likeness (QED) is 0.915. The maximum absolute atomic E-state index is 12.2. The molecule has 0 saturated carbocycles. The second-order valence-corrected chi connectivity index (χ2v) is 5.24. The molecule has 0 saturated heterocycles. The van der Waals surface area contributed by atoms with Crippen LogP contribution < -0.4 is 14.8 Å². The summed E-state index contributed by atoms with van der Waals surface area (Å²) in [6, 6.07) is 13.1. The maximum Gasteiger partial charge on any atom is 0.265 e. The normalized spacial score (nSPS) is 11.6. The van der Waals surface area contributed by atoms with E-state index >= 15 is 0 Å². The van der Waals surface area contributed by atoms with Gasteiger partial charge >= 0.3 is 0 Å². The zero-order valence-corrected chi connectivity index (χ0v) is 13.3. The Bertz CT molecular complexity index is 650. The lowest BCUT2D eigenvalue weighted by molar-refractivity contribution is -0.122. The highest BCUT2D eigenvalue weighted by Gasteiger charge is 2.15. The summed E-state index contributed by atoms with van der Waals surface area (Å²) < 4.78 is 10.7. The van der Waals surface area contributed by atoms with E-state index in [9.17, 15) is 4.79 Å². The van der Waals surface area contributed by atoms with E-state index in [1.807, 2.05) is 32.0 Å². The minimum Gasteiger partial charge on any atom is -0.497 e. The van der Waals surface area contributed by atoms with Crippen molar-refractivity contribution < 1.29 is 14.3 Å². The molecule has 0 aliphatic rings. The van der Waals surface area contributed by atoms with Crippen molar-refractivity contribution in [1.82, 2.24) is 0 Å². The van der Waals surface area contributed by atoms with E-state index in [0.717, 1.165) is 22.6 Å². The van der Waals surface area contributed by atoms with Crippen molar-refractivity contribution >= 4 is 11.6 Å². The largest absolute Gasteiger partial charge is 0.497 e. The molecule has 116 valence electrons. The van der Waals surface area contributed by atoms with Gasteiger partial charge in [-0.25, -0.2) is 0 Å². The molecule has 0 aromatic heterocycles. The molecular weight excluding hydrogens is 278 g/mol. The number of aryl methyl sites for hydroxylation is 2. The van der Waals surface area contributed by atoms with Gasteiger partial charge in [-0.2, -0.15) is 0 Å². The number of amides is 1. The number of ether oxygens (including phenoxy) is 2. The lowest BCUT2D eigenvalue weighted by Crippen LogP contribution is -2.30. The Morgan fingerprint density at radius 2 is 1.68 bits per heavy atom. The van der Waals surface area contributed by atoms with Crippen LogP contribution in [0.3, 0.4) is 0 Å². The van der Waals surface area contributed by atoms with Crippen molar-refractivity contribution in [3.05, 3.63) is 53.6 Å². The Hall–Kier alpha value is -2.49. The Labute approximate surface area is 131 Å². The molecule has 0 radical (unpaired) electrons. The molecule has 0 bridgehead atoms. The van der Waals surface area contributed by atoms with Crippen molar-refractivity contribution in [3.8, 4) is 11.5 Å². The highest BCUT2D eigenvalue weighted by Crippen LogP contribution is 2.20. The van der Waals surface area contributed by atoms with E-state index in [2.05, 4.69) is 5.32 Å². The molecule has 2 aromatic carbocycles. The minimum absolute atomic E-state index is 0.176. The highest BCUT2D eigenvalue weighted by molar-refractivity contribution is 5.94. The van der Waals surface area contributed by atoms with Crippen molar-refractivity contribution in [1.29, 1.82) is 0 Å². The van der Waals surface area contributed by atoms with Crippen molar-refractivity contribution in [2.45, 2.75) is 26.9 Å². The molecule has 0 fully saturated rings. The Balaban J connectivity index is 2.00. The number of hydrogen-bond donors (Lipinski definition) is 1. The van der Waals surface area contributed by atoms with Crippen LogP contribution in [0.4, 0.5) is 5.69 Å². The SMILES string of the molecule is COc1ccc(O[C@H](C)C(=O)Nc2cc(C)ccc2C)cc1. The smallest absolute Gasteiger partial charge is 0.265 e. The maximum atomic E-state index is 12.2. The second kappa shape index (κ2) is 6.98. The summed E-state index contributed by atoms with van der Waals surface area (Å²) in [6.07, 6.45) is -0.590. The summed E-state index contributed by atoms with van der Waals surface area (Å²) in [5.41, 5.74) is 2.94. The van der Waals surface area contributed by atoms with Gasteiger partial charge in [0.05, 0.1) is 7.11 Å². The van der Waals surface area contributed by atoms with Crippen LogP contribution in [-0.2, 0) is 4.79 Å². The van der Waals surface area contributed by atoms with Crippen LogP contribution in [-0.4, -0.2) is 19.1 Å². The molecule has 2 rings (SSSR count). The van der Waals surface area contributed by atoms with Crippen LogP contribution in [0.25, 0.3) is 0 Å². The second-order valence-electron chi connectivity index (χ2n) is 5.24. The molecule has 1 atom stereocenters. The molecule has 0 aliphatic carbocycles. The fraction of sp³-hybridized carbons (Fsp3) is 0.278. The number of benzene rings is 2. The summed E-state index contributed by atoms with van der Waals surface area (Å²) >= 11 is 0. The summed E-state index contributed by atoms with van der Waals surface area (Å²) in [4.78, 5) is 12.2. The topological polar surface area (TPSA) is 47.6 Å².